The molecule has 6 heteroatoms. The maximum Gasteiger partial charge on any atom is 0.260 e. The first-order valence-electron chi connectivity index (χ1n) is 9.71. The van der Waals surface area contributed by atoms with E-state index in [0.29, 0.717) is 23.8 Å². The van der Waals surface area contributed by atoms with Gasteiger partial charge in [0.2, 0.25) is 0 Å². The zero-order valence-electron chi connectivity index (χ0n) is 16.9. The highest BCUT2D eigenvalue weighted by molar-refractivity contribution is 5.97. The lowest BCUT2D eigenvalue weighted by atomic mass is 9.93. The molecule has 6 nitrogen and oxygen atoms in total. The van der Waals surface area contributed by atoms with Crippen LogP contribution in [0.4, 0.5) is 5.69 Å². The highest BCUT2D eigenvalue weighted by Gasteiger charge is 2.33. The highest BCUT2D eigenvalue weighted by Crippen LogP contribution is 2.23. The third-order valence-corrected chi connectivity index (χ3v) is 4.91. The van der Waals surface area contributed by atoms with E-state index in [9.17, 15) is 9.59 Å². The number of methoxy groups -OCH3 is 1. The number of carbonyl (C=O) groups is 2. The lowest BCUT2D eigenvalue weighted by Gasteiger charge is -2.28. The minimum Gasteiger partial charge on any atom is -0.484 e. The maximum absolute atomic E-state index is 12.6. The van der Waals surface area contributed by atoms with Crippen LogP contribution >= 0.6 is 0 Å². The average molecular weight is 376 g/mol. The number of carbonyl (C=O) groups excluding carboxylic acids is 2. The molecule has 1 aliphatic heterocycles. The van der Waals surface area contributed by atoms with E-state index in [4.69, 9.17) is 9.47 Å². The minimum absolute atomic E-state index is 0.0247. The molecular weight excluding hydrogens is 344 g/mol. The molecule has 1 aromatic carbocycles. The van der Waals surface area contributed by atoms with Crippen LogP contribution in [0.3, 0.4) is 0 Å². The third-order valence-electron chi connectivity index (χ3n) is 4.91. The molecule has 27 heavy (non-hydrogen) atoms. The Morgan fingerprint density at radius 2 is 1.78 bits per heavy atom. The topological polar surface area (TPSA) is 67.9 Å². The van der Waals surface area contributed by atoms with E-state index >= 15 is 0 Å². The second kappa shape index (κ2) is 9.74. The number of benzene rings is 1. The van der Waals surface area contributed by atoms with Crippen molar-refractivity contribution in [1.82, 2.24) is 4.90 Å². The summed E-state index contributed by atoms with van der Waals surface area (Å²) in [4.78, 5) is 26.6. The monoisotopic (exact) mass is 376 g/mol. The highest BCUT2D eigenvalue weighted by atomic mass is 16.5. The summed E-state index contributed by atoms with van der Waals surface area (Å²) in [5.41, 5.74) is -0.203. The van der Waals surface area contributed by atoms with Crippen molar-refractivity contribution in [3.8, 4) is 5.75 Å². The summed E-state index contributed by atoms with van der Waals surface area (Å²) < 4.78 is 11.0. The second-order valence-electron chi connectivity index (χ2n) is 7.74. The molecule has 0 aromatic heterocycles. The largest absolute Gasteiger partial charge is 0.484 e. The number of hydrogen-bond donors (Lipinski definition) is 1. The van der Waals surface area contributed by atoms with Crippen molar-refractivity contribution in [2.24, 2.45) is 5.92 Å². The molecular formula is C21H32N2O4. The van der Waals surface area contributed by atoms with Crippen LogP contribution in [0.25, 0.3) is 0 Å². The zero-order valence-corrected chi connectivity index (χ0v) is 16.9. The molecule has 0 bridgehead atoms. The number of likely N-dealkylation sites (tertiary alicyclic amines) is 1. The first-order valence-corrected chi connectivity index (χ1v) is 9.71. The van der Waals surface area contributed by atoms with Gasteiger partial charge in [-0.15, -0.1) is 0 Å². The van der Waals surface area contributed by atoms with E-state index in [1.54, 1.807) is 38.3 Å². The summed E-state index contributed by atoms with van der Waals surface area (Å²) in [5.74, 6) is 0.799. The Kier molecular flexibility index (Phi) is 7.66. The first-order chi connectivity index (χ1) is 12.8. The Morgan fingerprint density at radius 3 is 2.33 bits per heavy atom. The maximum atomic E-state index is 12.6. The molecule has 1 heterocycles. The van der Waals surface area contributed by atoms with Crippen molar-refractivity contribution in [2.75, 3.05) is 32.1 Å². The van der Waals surface area contributed by atoms with Crippen LogP contribution < -0.4 is 10.1 Å². The summed E-state index contributed by atoms with van der Waals surface area (Å²) in [6, 6.07) is 7.05. The molecule has 1 N–H and O–H groups in total. The SMILES string of the molecule is COC(C)(CC(C)C)C(=O)Nc1ccc(OCC(=O)N2CCCCC2)cc1. The van der Waals surface area contributed by atoms with Gasteiger partial charge in [0.05, 0.1) is 0 Å². The van der Waals surface area contributed by atoms with Crippen LogP contribution in [0.1, 0.15) is 46.5 Å². The zero-order chi connectivity index (χ0) is 19.9. The van der Waals surface area contributed by atoms with Crippen LogP contribution in [0.2, 0.25) is 0 Å². The van der Waals surface area contributed by atoms with E-state index in [2.05, 4.69) is 19.2 Å². The van der Waals surface area contributed by atoms with Gasteiger partial charge in [0.15, 0.2) is 6.61 Å². The Bertz CT molecular complexity index is 624. The fourth-order valence-corrected chi connectivity index (χ4v) is 3.33. The number of piperidine rings is 1. The van der Waals surface area contributed by atoms with Crippen molar-refractivity contribution in [3.63, 3.8) is 0 Å². The number of amides is 2. The molecule has 2 amide bonds. The number of rotatable bonds is 8. The van der Waals surface area contributed by atoms with E-state index in [1.165, 1.54) is 6.42 Å². The molecule has 1 saturated heterocycles. The number of nitrogens with one attached hydrogen (secondary N) is 1. The predicted molar refractivity (Wildman–Crippen MR) is 106 cm³/mol. The summed E-state index contributed by atoms with van der Waals surface area (Å²) in [6.07, 6.45) is 3.96. The summed E-state index contributed by atoms with van der Waals surface area (Å²) in [5, 5.41) is 2.89. The lowest BCUT2D eigenvalue weighted by Crippen LogP contribution is -2.43. The van der Waals surface area contributed by atoms with Crippen molar-refractivity contribution in [3.05, 3.63) is 24.3 Å². The predicted octanol–water partition coefficient (Wildman–Crippen LogP) is 3.47. The van der Waals surface area contributed by atoms with Crippen molar-refractivity contribution in [1.29, 1.82) is 0 Å². The molecule has 1 atom stereocenters. The van der Waals surface area contributed by atoms with Crippen LogP contribution in [-0.4, -0.2) is 49.1 Å². The molecule has 0 spiro atoms. The van der Waals surface area contributed by atoms with Crippen LogP contribution in [0.5, 0.6) is 5.75 Å². The molecule has 1 aliphatic rings. The average Bonchev–Trinajstić information content (AvgIpc) is 2.67. The van der Waals surface area contributed by atoms with Gasteiger partial charge in [0.25, 0.3) is 11.8 Å². The number of nitrogens with zero attached hydrogens (tertiary/aromatic N) is 1. The minimum atomic E-state index is -0.871. The van der Waals surface area contributed by atoms with Gasteiger partial charge in [0, 0.05) is 25.9 Å². The number of ether oxygens (including phenoxy) is 2. The fraction of sp³-hybridized carbons (Fsp3) is 0.619. The molecule has 1 fully saturated rings. The standard InChI is InChI=1S/C21H32N2O4/c1-16(2)14-21(3,26-4)20(25)22-17-8-10-18(11-9-17)27-15-19(24)23-12-6-5-7-13-23/h8-11,16H,5-7,12-15H2,1-4H3,(H,22,25). The Labute approximate surface area is 162 Å². The van der Waals surface area contributed by atoms with Gasteiger partial charge < -0.3 is 19.7 Å². The fourth-order valence-electron chi connectivity index (χ4n) is 3.33. The first kappa shape index (κ1) is 21.2. The molecule has 0 aliphatic carbocycles. The quantitative estimate of drug-likeness (QED) is 0.754. The molecule has 1 aromatic rings. The summed E-state index contributed by atoms with van der Waals surface area (Å²) in [7, 11) is 1.55. The molecule has 2 rings (SSSR count). The molecule has 0 radical (unpaired) electrons. The van der Waals surface area contributed by atoms with E-state index in [1.807, 2.05) is 4.90 Å². The normalized spacial score (nSPS) is 16.7. The van der Waals surface area contributed by atoms with E-state index in [0.717, 1.165) is 25.9 Å². The van der Waals surface area contributed by atoms with E-state index in [-0.39, 0.29) is 18.4 Å². The molecule has 0 saturated carbocycles. The van der Waals surface area contributed by atoms with Crippen LogP contribution in [-0.2, 0) is 14.3 Å². The van der Waals surface area contributed by atoms with Gasteiger partial charge in [-0.25, -0.2) is 0 Å². The van der Waals surface area contributed by atoms with Crippen LogP contribution in [0.15, 0.2) is 24.3 Å². The van der Waals surface area contributed by atoms with Gasteiger partial charge in [-0.05, 0) is 62.8 Å². The van der Waals surface area contributed by atoms with E-state index < -0.39 is 5.60 Å². The van der Waals surface area contributed by atoms with Crippen LogP contribution in [0, 0.1) is 5.92 Å². The lowest BCUT2D eigenvalue weighted by molar-refractivity contribution is -0.137. The summed E-state index contributed by atoms with van der Waals surface area (Å²) >= 11 is 0. The smallest absolute Gasteiger partial charge is 0.260 e. The van der Waals surface area contributed by atoms with Gasteiger partial charge >= 0.3 is 0 Å². The molecule has 1 unspecified atom stereocenters. The van der Waals surface area contributed by atoms with Gasteiger partial charge in [0.1, 0.15) is 11.4 Å². The second-order valence-corrected chi connectivity index (χ2v) is 7.74. The van der Waals surface area contributed by atoms with Crippen molar-refractivity contribution in [2.45, 2.75) is 52.1 Å². The summed E-state index contributed by atoms with van der Waals surface area (Å²) in [6.45, 7) is 7.60. The Balaban J connectivity index is 1.87. The Hall–Kier alpha value is -2.08. The van der Waals surface area contributed by atoms with Crippen molar-refractivity contribution < 1.29 is 19.1 Å². The Morgan fingerprint density at radius 1 is 1.15 bits per heavy atom. The molecule has 150 valence electrons. The number of anilines is 1. The third kappa shape index (κ3) is 6.24. The van der Waals surface area contributed by atoms with Gasteiger partial charge in [-0.2, -0.15) is 0 Å². The van der Waals surface area contributed by atoms with Gasteiger partial charge in [-0.1, -0.05) is 13.8 Å². The number of hydrogen-bond acceptors (Lipinski definition) is 4. The van der Waals surface area contributed by atoms with Gasteiger partial charge in [-0.3, -0.25) is 9.59 Å². The van der Waals surface area contributed by atoms with Crippen molar-refractivity contribution >= 4 is 17.5 Å².